The summed E-state index contributed by atoms with van der Waals surface area (Å²) in [5, 5.41) is 0. The SMILES string of the molecule is O=C(c1ccc(Br)cc1)N1CCC(OCC2CC2)C1. The fourth-order valence-electron chi connectivity index (χ4n) is 2.38. The fourth-order valence-corrected chi connectivity index (χ4v) is 2.64. The molecule has 1 aromatic rings. The second-order valence-electron chi connectivity index (χ2n) is 5.45. The van der Waals surface area contributed by atoms with Crippen molar-refractivity contribution in [3.05, 3.63) is 34.3 Å². The van der Waals surface area contributed by atoms with E-state index in [0.717, 1.165) is 42.1 Å². The topological polar surface area (TPSA) is 29.5 Å². The molecule has 0 N–H and O–H groups in total. The standard InChI is InChI=1S/C15H18BrNO2/c16-13-5-3-12(4-6-13)15(18)17-8-7-14(9-17)19-10-11-1-2-11/h3-6,11,14H,1-2,7-10H2. The summed E-state index contributed by atoms with van der Waals surface area (Å²) in [4.78, 5) is 14.2. The molecule has 0 spiro atoms. The summed E-state index contributed by atoms with van der Waals surface area (Å²) in [6.45, 7) is 2.43. The summed E-state index contributed by atoms with van der Waals surface area (Å²) < 4.78 is 6.86. The van der Waals surface area contributed by atoms with Gasteiger partial charge in [0.25, 0.3) is 5.91 Å². The van der Waals surface area contributed by atoms with Gasteiger partial charge in [0.05, 0.1) is 6.10 Å². The minimum absolute atomic E-state index is 0.116. The van der Waals surface area contributed by atoms with E-state index in [1.165, 1.54) is 12.8 Å². The van der Waals surface area contributed by atoms with Crippen LogP contribution >= 0.6 is 15.9 Å². The molecule has 0 bridgehead atoms. The molecule has 2 aliphatic rings. The van der Waals surface area contributed by atoms with Crippen LogP contribution in [0, 0.1) is 5.92 Å². The lowest BCUT2D eigenvalue weighted by Crippen LogP contribution is -2.30. The summed E-state index contributed by atoms with van der Waals surface area (Å²) in [6, 6.07) is 7.55. The molecule has 1 aliphatic heterocycles. The van der Waals surface area contributed by atoms with E-state index >= 15 is 0 Å². The van der Waals surface area contributed by atoms with Gasteiger partial charge in [-0.1, -0.05) is 15.9 Å². The maximum absolute atomic E-state index is 12.3. The van der Waals surface area contributed by atoms with Crippen molar-refractivity contribution in [1.29, 1.82) is 0 Å². The number of likely N-dealkylation sites (tertiary alicyclic amines) is 1. The Morgan fingerprint density at radius 1 is 1.26 bits per heavy atom. The first-order valence-electron chi connectivity index (χ1n) is 6.89. The van der Waals surface area contributed by atoms with Crippen molar-refractivity contribution in [2.24, 2.45) is 5.92 Å². The Balaban J connectivity index is 1.54. The minimum atomic E-state index is 0.116. The van der Waals surface area contributed by atoms with E-state index in [-0.39, 0.29) is 12.0 Å². The van der Waals surface area contributed by atoms with Gasteiger partial charge in [-0.2, -0.15) is 0 Å². The number of carbonyl (C=O) groups is 1. The van der Waals surface area contributed by atoms with E-state index in [0.29, 0.717) is 0 Å². The lowest BCUT2D eigenvalue weighted by Gasteiger charge is -2.17. The van der Waals surface area contributed by atoms with Crippen LogP contribution in [0.4, 0.5) is 0 Å². The van der Waals surface area contributed by atoms with E-state index in [1.54, 1.807) is 0 Å². The van der Waals surface area contributed by atoms with E-state index in [2.05, 4.69) is 15.9 Å². The lowest BCUT2D eigenvalue weighted by molar-refractivity contribution is 0.0480. The Bertz CT molecular complexity index is 456. The fraction of sp³-hybridized carbons (Fsp3) is 0.533. The molecule has 0 aromatic heterocycles. The van der Waals surface area contributed by atoms with Crippen LogP contribution in [-0.4, -0.2) is 36.6 Å². The molecule has 1 heterocycles. The predicted molar refractivity (Wildman–Crippen MR) is 77.1 cm³/mol. The maximum Gasteiger partial charge on any atom is 0.253 e. The quantitative estimate of drug-likeness (QED) is 0.852. The third kappa shape index (κ3) is 3.37. The largest absolute Gasteiger partial charge is 0.376 e. The molecule has 1 unspecified atom stereocenters. The van der Waals surface area contributed by atoms with Crippen LogP contribution in [-0.2, 0) is 4.74 Å². The molecule has 19 heavy (non-hydrogen) atoms. The molecule has 102 valence electrons. The van der Waals surface area contributed by atoms with Crippen LogP contribution in [0.2, 0.25) is 0 Å². The molecule has 4 heteroatoms. The van der Waals surface area contributed by atoms with Gasteiger partial charge >= 0.3 is 0 Å². The Labute approximate surface area is 122 Å². The minimum Gasteiger partial charge on any atom is -0.376 e. The zero-order chi connectivity index (χ0) is 13.2. The van der Waals surface area contributed by atoms with Crippen molar-refractivity contribution in [2.75, 3.05) is 19.7 Å². The van der Waals surface area contributed by atoms with Crippen LogP contribution in [0.3, 0.4) is 0 Å². The van der Waals surface area contributed by atoms with Gasteiger partial charge in [0.15, 0.2) is 0 Å². The molecular formula is C15H18BrNO2. The highest BCUT2D eigenvalue weighted by Crippen LogP contribution is 2.30. The maximum atomic E-state index is 12.3. The van der Waals surface area contributed by atoms with Gasteiger partial charge in [0.1, 0.15) is 0 Å². The van der Waals surface area contributed by atoms with Crippen LogP contribution < -0.4 is 0 Å². The van der Waals surface area contributed by atoms with Crippen molar-refractivity contribution in [2.45, 2.75) is 25.4 Å². The van der Waals surface area contributed by atoms with Crippen LogP contribution in [0.5, 0.6) is 0 Å². The van der Waals surface area contributed by atoms with Crippen LogP contribution in [0.1, 0.15) is 29.6 Å². The first-order valence-corrected chi connectivity index (χ1v) is 7.68. The first kappa shape index (κ1) is 13.1. The zero-order valence-corrected chi connectivity index (χ0v) is 12.4. The number of amides is 1. The number of hydrogen-bond donors (Lipinski definition) is 0. The Hall–Kier alpha value is -0.870. The summed E-state index contributed by atoms with van der Waals surface area (Å²) in [5.74, 6) is 0.904. The normalized spacial score (nSPS) is 22.8. The van der Waals surface area contributed by atoms with Crippen LogP contribution in [0.25, 0.3) is 0 Å². The summed E-state index contributed by atoms with van der Waals surface area (Å²) in [5.41, 5.74) is 0.756. The first-order chi connectivity index (χ1) is 9.22. The molecule has 1 saturated carbocycles. The molecule has 0 radical (unpaired) electrons. The number of hydrogen-bond acceptors (Lipinski definition) is 2. The Morgan fingerprint density at radius 3 is 2.68 bits per heavy atom. The van der Waals surface area contributed by atoms with Crippen molar-refractivity contribution in [1.82, 2.24) is 4.90 Å². The van der Waals surface area contributed by atoms with Gasteiger partial charge in [-0.25, -0.2) is 0 Å². The summed E-state index contributed by atoms with van der Waals surface area (Å²) in [6.07, 6.45) is 3.83. The number of carbonyl (C=O) groups excluding carboxylic acids is 1. The summed E-state index contributed by atoms with van der Waals surface area (Å²) >= 11 is 3.38. The van der Waals surface area contributed by atoms with Gasteiger partial charge in [-0.3, -0.25) is 4.79 Å². The average molecular weight is 324 g/mol. The number of benzene rings is 1. The molecule has 1 amide bonds. The third-order valence-corrected chi connectivity index (χ3v) is 4.32. The molecule has 1 aromatic carbocycles. The van der Waals surface area contributed by atoms with Crippen molar-refractivity contribution >= 4 is 21.8 Å². The van der Waals surface area contributed by atoms with Gasteiger partial charge < -0.3 is 9.64 Å². The predicted octanol–water partition coefficient (Wildman–Crippen LogP) is 3.09. The average Bonchev–Trinajstić information content (AvgIpc) is 3.13. The highest BCUT2D eigenvalue weighted by molar-refractivity contribution is 9.10. The van der Waals surface area contributed by atoms with Crippen molar-refractivity contribution < 1.29 is 9.53 Å². The van der Waals surface area contributed by atoms with Gasteiger partial charge in [-0.05, 0) is 49.4 Å². The van der Waals surface area contributed by atoms with Gasteiger partial charge in [0.2, 0.25) is 0 Å². The molecule has 1 atom stereocenters. The van der Waals surface area contributed by atoms with Crippen molar-refractivity contribution in [3.63, 3.8) is 0 Å². The Kier molecular flexibility index (Phi) is 3.89. The third-order valence-electron chi connectivity index (χ3n) is 3.79. The van der Waals surface area contributed by atoms with E-state index in [9.17, 15) is 4.79 Å². The molecule has 2 fully saturated rings. The smallest absolute Gasteiger partial charge is 0.253 e. The number of ether oxygens (including phenoxy) is 1. The monoisotopic (exact) mass is 323 g/mol. The van der Waals surface area contributed by atoms with Gasteiger partial charge in [-0.15, -0.1) is 0 Å². The lowest BCUT2D eigenvalue weighted by atomic mass is 10.2. The number of halogens is 1. The van der Waals surface area contributed by atoms with E-state index in [1.807, 2.05) is 29.2 Å². The second kappa shape index (κ2) is 5.63. The molecule has 3 rings (SSSR count). The summed E-state index contributed by atoms with van der Waals surface area (Å²) in [7, 11) is 0. The van der Waals surface area contributed by atoms with Crippen molar-refractivity contribution in [3.8, 4) is 0 Å². The Morgan fingerprint density at radius 2 is 2.00 bits per heavy atom. The molecule has 3 nitrogen and oxygen atoms in total. The highest BCUT2D eigenvalue weighted by Gasteiger charge is 2.29. The van der Waals surface area contributed by atoms with Gasteiger partial charge in [0, 0.05) is 29.7 Å². The number of rotatable bonds is 4. The molecule has 1 saturated heterocycles. The highest BCUT2D eigenvalue weighted by atomic mass is 79.9. The van der Waals surface area contributed by atoms with E-state index < -0.39 is 0 Å². The number of nitrogens with zero attached hydrogens (tertiary/aromatic N) is 1. The van der Waals surface area contributed by atoms with Crippen LogP contribution in [0.15, 0.2) is 28.7 Å². The zero-order valence-electron chi connectivity index (χ0n) is 10.8. The second-order valence-corrected chi connectivity index (χ2v) is 6.36. The molecular weight excluding hydrogens is 306 g/mol. The molecule has 1 aliphatic carbocycles. The van der Waals surface area contributed by atoms with E-state index in [4.69, 9.17) is 4.74 Å².